The second-order valence-electron chi connectivity index (χ2n) is 2.33. The van der Waals surface area contributed by atoms with Crippen molar-refractivity contribution in [2.24, 2.45) is 5.73 Å². The summed E-state index contributed by atoms with van der Waals surface area (Å²) in [7, 11) is 1.26. The molecule has 4 nitrogen and oxygen atoms in total. The summed E-state index contributed by atoms with van der Waals surface area (Å²) in [5.74, 6) is -0.692. The number of halogens is 1. The molecule has 0 aliphatic carbocycles. The van der Waals surface area contributed by atoms with Gasteiger partial charge in [-0.1, -0.05) is 6.07 Å². The molecule has 2 N–H and O–H groups in total. The van der Waals surface area contributed by atoms with Gasteiger partial charge in [-0.2, -0.15) is 0 Å². The third-order valence-electron chi connectivity index (χ3n) is 1.40. The molecule has 0 aliphatic rings. The van der Waals surface area contributed by atoms with Crippen LogP contribution in [0.1, 0.15) is 10.4 Å². The van der Waals surface area contributed by atoms with Gasteiger partial charge >= 0.3 is 0 Å². The van der Waals surface area contributed by atoms with E-state index in [2.05, 4.69) is 0 Å². The van der Waals surface area contributed by atoms with Gasteiger partial charge in [-0.3, -0.25) is 4.79 Å². The van der Waals surface area contributed by atoms with E-state index in [1.165, 1.54) is 18.2 Å². The molecule has 1 aromatic rings. The Kier molecular flexibility index (Phi) is 2.58. The molecule has 0 radical (unpaired) electrons. The Morgan fingerprint density at radius 2 is 2.00 bits per heavy atom. The zero-order valence-electron chi connectivity index (χ0n) is 6.40. The second-order valence-corrected chi connectivity index (χ2v) is 4.90. The van der Waals surface area contributed by atoms with Gasteiger partial charge in [0.25, 0.3) is 9.05 Å². The van der Waals surface area contributed by atoms with Gasteiger partial charge in [0, 0.05) is 16.2 Å². The lowest BCUT2D eigenvalue weighted by Crippen LogP contribution is -2.11. The van der Waals surface area contributed by atoms with Gasteiger partial charge in [-0.25, -0.2) is 8.42 Å². The van der Waals surface area contributed by atoms with E-state index in [1.54, 1.807) is 0 Å². The Hall–Kier alpha value is -1.07. The highest BCUT2D eigenvalue weighted by molar-refractivity contribution is 8.13. The van der Waals surface area contributed by atoms with Gasteiger partial charge < -0.3 is 5.73 Å². The van der Waals surface area contributed by atoms with E-state index in [1.807, 2.05) is 0 Å². The Labute approximate surface area is 79.7 Å². The van der Waals surface area contributed by atoms with E-state index in [-0.39, 0.29) is 10.5 Å². The predicted octanol–water partition coefficient (Wildman–Crippen LogP) is 0.713. The minimum Gasteiger partial charge on any atom is -0.366 e. The highest BCUT2D eigenvalue weighted by Crippen LogP contribution is 2.15. The van der Waals surface area contributed by atoms with Crippen molar-refractivity contribution in [1.82, 2.24) is 0 Å². The molecule has 0 aromatic heterocycles. The summed E-state index contributed by atoms with van der Waals surface area (Å²) in [6.07, 6.45) is 0. The van der Waals surface area contributed by atoms with Crippen LogP contribution in [0.2, 0.25) is 0 Å². The smallest absolute Gasteiger partial charge is 0.261 e. The lowest BCUT2D eigenvalue weighted by molar-refractivity contribution is 0.1000. The van der Waals surface area contributed by atoms with E-state index >= 15 is 0 Å². The molecule has 70 valence electrons. The van der Waals surface area contributed by atoms with Gasteiger partial charge in [0.2, 0.25) is 5.91 Å². The molecular weight excluding hydrogens is 214 g/mol. The summed E-state index contributed by atoms with van der Waals surface area (Å²) in [5, 5.41) is 0. The largest absolute Gasteiger partial charge is 0.366 e. The van der Waals surface area contributed by atoms with Crippen LogP contribution >= 0.6 is 10.7 Å². The summed E-state index contributed by atoms with van der Waals surface area (Å²) < 4.78 is 21.6. The molecule has 0 saturated carbocycles. The summed E-state index contributed by atoms with van der Waals surface area (Å²) in [5.41, 5.74) is 5.06. The van der Waals surface area contributed by atoms with Crippen molar-refractivity contribution in [1.29, 1.82) is 0 Å². The third-order valence-corrected chi connectivity index (χ3v) is 2.75. The Morgan fingerprint density at radius 1 is 1.38 bits per heavy atom. The zero-order valence-corrected chi connectivity index (χ0v) is 7.97. The van der Waals surface area contributed by atoms with Crippen LogP contribution in [0.15, 0.2) is 29.2 Å². The summed E-state index contributed by atoms with van der Waals surface area (Å²) >= 11 is 0. The van der Waals surface area contributed by atoms with Crippen molar-refractivity contribution >= 4 is 25.6 Å². The maximum Gasteiger partial charge on any atom is 0.261 e. The van der Waals surface area contributed by atoms with Crippen LogP contribution in [-0.4, -0.2) is 14.3 Å². The van der Waals surface area contributed by atoms with E-state index in [4.69, 9.17) is 16.4 Å². The number of primary amides is 1. The highest BCUT2D eigenvalue weighted by Gasteiger charge is 2.11. The fourth-order valence-electron chi connectivity index (χ4n) is 0.801. The van der Waals surface area contributed by atoms with Crippen LogP contribution in [0, 0.1) is 0 Å². The van der Waals surface area contributed by atoms with E-state index in [0.29, 0.717) is 0 Å². The minimum atomic E-state index is -3.79. The maximum atomic E-state index is 10.8. The predicted molar refractivity (Wildman–Crippen MR) is 48.0 cm³/mol. The number of hydrogen-bond donors (Lipinski definition) is 1. The van der Waals surface area contributed by atoms with Crippen LogP contribution in [0.4, 0.5) is 0 Å². The number of carbonyl (C=O) groups excluding carboxylic acids is 1. The van der Waals surface area contributed by atoms with Gasteiger partial charge in [-0.15, -0.1) is 0 Å². The zero-order chi connectivity index (χ0) is 10.1. The average molecular weight is 220 g/mol. The molecule has 1 aromatic carbocycles. The molecule has 0 bridgehead atoms. The Bertz CT molecular complexity index is 441. The van der Waals surface area contributed by atoms with Gasteiger partial charge in [0.1, 0.15) is 0 Å². The molecule has 0 aliphatic heterocycles. The minimum absolute atomic E-state index is 0.113. The molecule has 6 heteroatoms. The van der Waals surface area contributed by atoms with Crippen LogP contribution < -0.4 is 5.73 Å². The van der Waals surface area contributed by atoms with Crippen LogP contribution in [0.25, 0.3) is 0 Å². The molecular formula is C7H6ClNO3S. The van der Waals surface area contributed by atoms with E-state index < -0.39 is 15.0 Å². The van der Waals surface area contributed by atoms with Crippen molar-refractivity contribution < 1.29 is 13.2 Å². The highest BCUT2D eigenvalue weighted by atomic mass is 35.7. The van der Waals surface area contributed by atoms with Crippen molar-refractivity contribution in [3.8, 4) is 0 Å². The molecule has 1 rings (SSSR count). The standard InChI is InChI=1S/C7H6ClNO3S/c8-13(11,12)6-3-1-2-5(4-6)7(9)10/h1-4H,(H2,9,10). The first-order chi connectivity index (χ1) is 5.91. The number of hydrogen-bond acceptors (Lipinski definition) is 3. The van der Waals surface area contributed by atoms with Gasteiger partial charge in [0.15, 0.2) is 0 Å². The van der Waals surface area contributed by atoms with Crippen LogP contribution in [-0.2, 0) is 9.05 Å². The Morgan fingerprint density at radius 3 is 2.46 bits per heavy atom. The molecule has 0 saturated heterocycles. The SMILES string of the molecule is NC(=O)c1cccc(S(=O)(=O)Cl)c1. The number of amides is 1. The Balaban J connectivity index is 3.29. The topological polar surface area (TPSA) is 77.2 Å². The summed E-state index contributed by atoms with van der Waals surface area (Å²) in [6, 6.07) is 5.22. The molecule has 0 fully saturated rings. The fraction of sp³-hybridized carbons (Fsp3) is 0. The molecule has 1 amide bonds. The van der Waals surface area contributed by atoms with Crippen LogP contribution in [0.3, 0.4) is 0 Å². The second kappa shape index (κ2) is 3.35. The number of rotatable bonds is 2. The van der Waals surface area contributed by atoms with E-state index in [0.717, 1.165) is 6.07 Å². The average Bonchev–Trinajstić information content (AvgIpc) is 2.03. The summed E-state index contributed by atoms with van der Waals surface area (Å²) in [4.78, 5) is 10.5. The quantitative estimate of drug-likeness (QED) is 0.745. The van der Waals surface area contributed by atoms with Crippen molar-refractivity contribution in [3.63, 3.8) is 0 Å². The third kappa shape index (κ3) is 2.43. The molecule has 13 heavy (non-hydrogen) atoms. The first kappa shape index (κ1) is 10.0. The number of carbonyl (C=O) groups is 1. The summed E-state index contributed by atoms with van der Waals surface area (Å²) in [6.45, 7) is 0. The van der Waals surface area contributed by atoms with Crippen LogP contribution in [0.5, 0.6) is 0 Å². The monoisotopic (exact) mass is 219 g/mol. The van der Waals surface area contributed by atoms with Gasteiger partial charge in [0.05, 0.1) is 4.90 Å². The molecule has 0 heterocycles. The molecule has 0 unspecified atom stereocenters. The van der Waals surface area contributed by atoms with Crippen molar-refractivity contribution in [2.75, 3.05) is 0 Å². The fourth-order valence-corrected chi connectivity index (χ4v) is 1.60. The van der Waals surface area contributed by atoms with E-state index in [9.17, 15) is 13.2 Å². The number of nitrogens with two attached hydrogens (primary N) is 1. The van der Waals surface area contributed by atoms with Crippen molar-refractivity contribution in [2.45, 2.75) is 4.90 Å². The normalized spacial score (nSPS) is 11.2. The first-order valence-electron chi connectivity index (χ1n) is 3.26. The van der Waals surface area contributed by atoms with Gasteiger partial charge in [-0.05, 0) is 18.2 Å². The lowest BCUT2D eigenvalue weighted by Gasteiger charge is -1.97. The van der Waals surface area contributed by atoms with Crippen molar-refractivity contribution in [3.05, 3.63) is 29.8 Å². The molecule has 0 atom stereocenters. The number of benzene rings is 1. The maximum absolute atomic E-state index is 10.8. The first-order valence-corrected chi connectivity index (χ1v) is 5.57. The lowest BCUT2D eigenvalue weighted by atomic mass is 10.2. The molecule has 0 spiro atoms.